The van der Waals surface area contributed by atoms with Gasteiger partial charge in [0.05, 0.1) is 0 Å². The fraction of sp³-hybridized carbons (Fsp3) is 0.154. The number of hydrogen-bond acceptors (Lipinski definition) is 5. The second-order valence-electron chi connectivity index (χ2n) is 3.89. The van der Waals surface area contributed by atoms with Gasteiger partial charge in [-0.15, -0.1) is 11.3 Å². The zero-order chi connectivity index (χ0) is 15.3. The average Bonchev–Trinajstić information content (AvgIpc) is 2.89. The van der Waals surface area contributed by atoms with Crippen LogP contribution in [0.2, 0.25) is 0 Å². The molecule has 0 aliphatic rings. The molecule has 2 aromatic rings. The molecule has 5 nitrogen and oxygen atoms in total. The lowest BCUT2D eigenvalue weighted by atomic mass is 10.3. The molecule has 2 heterocycles. The number of rotatable bonds is 4. The van der Waals surface area contributed by atoms with E-state index in [9.17, 15) is 8.42 Å². The Hall–Kier alpha value is -1.24. The molecule has 0 saturated heterocycles. The zero-order valence-electron chi connectivity index (χ0n) is 10.7. The van der Waals surface area contributed by atoms with Gasteiger partial charge in [0.25, 0.3) is 0 Å². The summed E-state index contributed by atoms with van der Waals surface area (Å²) in [6.45, 7) is -0.0885. The van der Waals surface area contributed by atoms with E-state index in [4.69, 9.17) is 5.11 Å². The third kappa shape index (κ3) is 4.36. The third-order valence-corrected chi connectivity index (χ3v) is 5.74. The van der Waals surface area contributed by atoms with Crippen molar-refractivity contribution in [3.8, 4) is 11.8 Å². The van der Waals surface area contributed by atoms with Gasteiger partial charge in [-0.1, -0.05) is 11.8 Å². The van der Waals surface area contributed by atoms with Crippen LogP contribution in [0.25, 0.3) is 0 Å². The van der Waals surface area contributed by atoms with Crippen LogP contribution in [0, 0.1) is 11.8 Å². The van der Waals surface area contributed by atoms with Gasteiger partial charge in [0, 0.05) is 33.9 Å². The van der Waals surface area contributed by atoms with E-state index in [1.807, 2.05) is 11.4 Å². The summed E-state index contributed by atoms with van der Waals surface area (Å²) in [5.41, 5.74) is 0.434. The monoisotopic (exact) mass is 386 g/mol. The van der Waals surface area contributed by atoms with Gasteiger partial charge in [0.2, 0.25) is 10.0 Å². The fourth-order valence-corrected chi connectivity index (χ4v) is 3.98. The first-order valence-corrected chi connectivity index (χ1v) is 8.95. The molecule has 0 amide bonds. The van der Waals surface area contributed by atoms with Crippen molar-refractivity contribution in [3.63, 3.8) is 0 Å². The number of thiophene rings is 1. The van der Waals surface area contributed by atoms with E-state index < -0.39 is 10.0 Å². The molecule has 110 valence electrons. The number of hydrogen-bond donors (Lipinski definition) is 2. The van der Waals surface area contributed by atoms with Gasteiger partial charge < -0.3 is 5.11 Å². The van der Waals surface area contributed by atoms with Crippen molar-refractivity contribution in [2.24, 2.45) is 0 Å². The van der Waals surface area contributed by atoms with Gasteiger partial charge in [-0.05, 0) is 33.4 Å². The van der Waals surface area contributed by atoms with Gasteiger partial charge in [-0.2, -0.15) is 0 Å². The number of sulfonamides is 1. The Balaban J connectivity index is 2.17. The summed E-state index contributed by atoms with van der Waals surface area (Å²) in [7, 11) is -3.66. The van der Waals surface area contributed by atoms with E-state index in [2.05, 4.69) is 37.5 Å². The molecule has 0 bridgehead atoms. The number of halogens is 1. The maximum absolute atomic E-state index is 12.2. The van der Waals surface area contributed by atoms with Crippen molar-refractivity contribution in [1.29, 1.82) is 0 Å². The molecule has 2 aromatic heterocycles. The van der Waals surface area contributed by atoms with Crippen LogP contribution in [0.1, 0.15) is 10.4 Å². The third-order valence-electron chi connectivity index (χ3n) is 2.45. The molecule has 0 aromatic carbocycles. The second-order valence-corrected chi connectivity index (χ2v) is 7.51. The highest BCUT2D eigenvalue weighted by Crippen LogP contribution is 2.22. The predicted molar refractivity (Wildman–Crippen MR) is 84.2 cm³/mol. The van der Waals surface area contributed by atoms with Crippen molar-refractivity contribution >= 4 is 37.3 Å². The Kier molecular flexibility index (Phi) is 5.50. The van der Waals surface area contributed by atoms with Crippen LogP contribution in [-0.2, 0) is 16.6 Å². The van der Waals surface area contributed by atoms with Gasteiger partial charge in [-0.3, -0.25) is 4.98 Å². The van der Waals surface area contributed by atoms with Crippen molar-refractivity contribution in [1.82, 2.24) is 9.71 Å². The van der Waals surface area contributed by atoms with Gasteiger partial charge in [0.15, 0.2) is 0 Å². The molecule has 0 aliphatic carbocycles. The second kappa shape index (κ2) is 7.15. The van der Waals surface area contributed by atoms with Gasteiger partial charge in [-0.25, -0.2) is 13.1 Å². The molecular weight excluding hydrogens is 376 g/mol. The molecule has 2 rings (SSSR count). The molecule has 0 unspecified atom stereocenters. The van der Waals surface area contributed by atoms with Crippen molar-refractivity contribution in [3.05, 3.63) is 44.8 Å². The molecule has 21 heavy (non-hydrogen) atoms. The summed E-state index contributed by atoms with van der Waals surface area (Å²) in [5.74, 6) is 5.08. The normalized spacial score (nSPS) is 11.0. The van der Waals surface area contributed by atoms with Crippen LogP contribution in [0.5, 0.6) is 0 Å². The summed E-state index contributed by atoms with van der Waals surface area (Å²) in [6.07, 6.45) is 2.70. The van der Waals surface area contributed by atoms with Crippen LogP contribution >= 0.6 is 27.3 Å². The average molecular weight is 387 g/mol. The number of aliphatic hydroxyl groups excluding tert-OH is 1. The van der Waals surface area contributed by atoms with E-state index in [0.717, 1.165) is 9.35 Å². The summed E-state index contributed by atoms with van der Waals surface area (Å²) >= 11 is 4.81. The molecule has 8 heteroatoms. The van der Waals surface area contributed by atoms with E-state index in [1.54, 1.807) is 0 Å². The molecule has 2 N–H and O–H groups in total. The van der Waals surface area contributed by atoms with Crippen LogP contribution in [0.4, 0.5) is 0 Å². The van der Waals surface area contributed by atoms with Crippen LogP contribution in [0.3, 0.4) is 0 Å². The highest BCUT2D eigenvalue weighted by molar-refractivity contribution is 9.10. The quantitative estimate of drug-likeness (QED) is 0.784. The molecule has 0 radical (unpaired) electrons. The van der Waals surface area contributed by atoms with Crippen molar-refractivity contribution in [2.75, 3.05) is 6.61 Å². The van der Waals surface area contributed by atoms with Gasteiger partial charge >= 0.3 is 0 Å². The summed E-state index contributed by atoms with van der Waals surface area (Å²) < 4.78 is 27.8. The number of aromatic nitrogens is 1. The minimum absolute atomic E-state index is 0.0416. The van der Waals surface area contributed by atoms with E-state index in [-0.39, 0.29) is 18.0 Å². The smallest absolute Gasteiger partial charge is 0.242 e. The van der Waals surface area contributed by atoms with Crippen LogP contribution in [0.15, 0.2) is 39.3 Å². The van der Waals surface area contributed by atoms with Crippen molar-refractivity contribution < 1.29 is 13.5 Å². The largest absolute Gasteiger partial charge is 0.384 e. The van der Waals surface area contributed by atoms with Crippen LogP contribution < -0.4 is 4.72 Å². The van der Waals surface area contributed by atoms with E-state index in [0.29, 0.717) is 5.56 Å². The number of pyridine rings is 1. The topological polar surface area (TPSA) is 79.3 Å². The Morgan fingerprint density at radius 2 is 2.24 bits per heavy atom. The molecule has 0 saturated carbocycles. The number of nitrogens with zero attached hydrogens (tertiary/aromatic N) is 1. The lowest BCUT2D eigenvalue weighted by Crippen LogP contribution is -2.23. The van der Waals surface area contributed by atoms with Crippen molar-refractivity contribution in [2.45, 2.75) is 11.4 Å². The molecule has 0 atom stereocenters. The maximum Gasteiger partial charge on any atom is 0.242 e. The molecular formula is C13H11BrN2O3S2. The molecule has 0 spiro atoms. The Labute approximate surface area is 135 Å². The first-order valence-electron chi connectivity index (χ1n) is 5.79. The zero-order valence-corrected chi connectivity index (χ0v) is 13.9. The van der Waals surface area contributed by atoms with Crippen LogP contribution in [-0.4, -0.2) is 25.1 Å². The highest BCUT2D eigenvalue weighted by atomic mass is 79.9. The van der Waals surface area contributed by atoms with E-state index in [1.165, 1.54) is 29.8 Å². The summed E-state index contributed by atoms with van der Waals surface area (Å²) in [5, 5.41) is 10.5. The number of aliphatic hydroxyl groups is 1. The summed E-state index contributed by atoms with van der Waals surface area (Å²) in [6, 6.07) is 3.28. The first-order chi connectivity index (χ1) is 10.0. The minimum Gasteiger partial charge on any atom is -0.384 e. The molecule has 0 fully saturated rings. The lowest BCUT2D eigenvalue weighted by molar-refractivity contribution is 0.350. The lowest BCUT2D eigenvalue weighted by Gasteiger charge is -2.06. The Morgan fingerprint density at radius 1 is 1.43 bits per heavy atom. The first kappa shape index (κ1) is 16.1. The standard InChI is InChI=1S/C13H11BrN2O3S2/c14-12-3-5-20-13(12)9-16-21(18,19)11-6-10(2-1-4-17)7-15-8-11/h3,5-8,16-17H,4,9H2. The Bertz CT molecular complexity index is 791. The van der Waals surface area contributed by atoms with E-state index >= 15 is 0 Å². The minimum atomic E-state index is -3.66. The predicted octanol–water partition coefficient (Wildman–Crippen LogP) is 1.73. The molecule has 0 aliphatic heterocycles. The SMILES string of the molecule is O=S(=O)(NCc1sccc1Br)c1cncc(C#CCO)c1. The fourth-order valence-electron chi connectivity index (χ4n) is 1.47. The maximum atomic E-state index is 12.2. The highest BCUT2D eigenvalue weighted by Gasteiger charge is 2.15. The van der Waals surface area contributed by atoms with Gasteiger partial charge in [0.1, 0.15) is 11.5 Å². The summed E-state index contributed by atoms with van der Waals surface area (Å²) in [4.78, 5) is 4.79. The Morgan fingerprint density at radius 3 is 2.90 bits per heavy atom. The number of nitrogens with one attached hydrogen (secondary N) is 1.